The summed E-state index contributed by atoms with van der Waals surface area (Å²) >= 11 is 0. The van der Waals surface area contributed by atoms with Crippen LogP contribution in [-0.4, -0.2) is 47.4 Å². The highest BCUT2D eigenvalue weighted by Crippen LogP contribution is 2.30. The van der Waals surface area contributed by atoms with E-state index in [4.69, 9.17) is 0 Å². The molecule has 25 heavy (non-hydrogen) atoms. The predicted molar refractivity (Wildman–Crippen MR) is 92.4 cm³/mol. The van der Waals surface area contributed by atoms with Crippen LogP contribution < -0.4 is 4.90 Å². The first-order valence-corrected chi connectivity index (χ1v) is 9.03. The molecule has 6 nitrogen and oxygen atoms in total. The van der Waals surface area contributed by atoms with E-state index >= 15 is 0 Å². The lowest BCUT2D eigenvalue weighted by Gasteiger charge is -2.34. The highest BCUT2D eigenvalue weighted by molar-refractivity contribution is 6.44. The highest BCUT2D eigenvalue weighted by Gasteiger charge is 2.50. The molecule has 1 N–H and O–H groups in total. The zero-order valence-electron chi connectivity index (χ0n) is 14.9. The molecule has 1 heterocycles. The van der Waals surface area contributed by atoms with Gasteiger partial charge in [0.25, 0.3) is 0 Å². The number of quaternary nitrogens is 1. The molecule has 0 radical (unpaired) electrons. The van der Waals surface area contributed by atoms with Gasteiger partial charge in [0.15, 0.2) is 6.67 Å². The van der Waals surface area contributed by atoms with Gasteiger partial charge in [0, 0.05) is 11.6 Å². The number of urea groups is 1. The van der Waals surface area contributed by atoms with Gasteiger partial charge < -0.3 is 4.90 Å². The van der Waals surface area contributed by atoms with E-state index in [-0.39, 0.29) is 18.6 Å². The van der Waals surface area contributed by atoms with Crippen molar-refractivity contribution in [3.05, 3.63) is 35.9 Å². The van der Waals surface area contributed by atoms with Gasteiger partial charge in [0.2, 0.25) is 0 Å². The normalized spacial score (nSPS) is 25.6. The molecule has 2 fully saturated rings. The summed E-state index contributed by atoms with van der Waals surface area (Å²) in [5.74, 6) is -1.09. The minimum Gasteiger partial charge on any atom is -0.316 e. The fraction of sp³-hybridized carbons (Fsp3) is 0.526. The van der Waals surface area contributed by atoms with E-state index in [9.17, 15) is 14.4 Å². The first kappa shape index (κ1) is 17.6. The summed E-state index contributed by atoms with van der Waals surface area (Å²) in [6.07, 6.45) is 3.91. The lowest BCUT2D eigenvalue weighted by Crippen LogP contribution is -3.09. The number of hydrogen-bond donors (Lipinski definition) is 1. The molecule has 1 aliphatic heterocycles. The Kier molecular flexibility index (Phi) is 5.18. The van der Waals surface area contributed by atoms with Crippen LogP contribution in [-0.2, 0) is 16.1 Å². The fourth-order valence-corrected chi connectivity index (χ4v) is 3.90. The van der Waals surface area contributed by atoms with Gasteiger partial charge in [-0.3, -0.25) is 14.5 Å². The van der Waals surface area contributed by atoms with Crippen LogP contribution in [0.25, 0.3) is 0 Å². The average molecular weight is 344 g/mol. The van der Waals surface area contributed by atoms with E-state index in [0.29, 0.717) is 6.54 Å². The van der Waals surface area contributed by atoms with Crippen LogP contribution in [0.4, 0.5) is 4.79 Å². The average Bonchev–Trinajstić information content (AvgIpc) is 2.80. The van der Waals surface area contributed by atoms with E-state index in [1.807, 2.05) is 37.4 Å². The second-order valence-corrected chi connectivity index (χ2v) is 7.30. The molecule has 4 amide bonds. The van der Waals surface area contributed by atoms with Crippen molar-refractivity contribution in [3.8, 4) is 0 Å². The maximum Gasteiger partial charge on any atom is 0.338 e. The molecular weight excluding hydrogens is 318 g/mol. The zero-order valence-corrected chi connectivity index (χ0v) is 14.9. The van der Waals surface area contributed by atoms with Crippen molar-refractivity contribution in [2.75, 3.05) is 13.7 Å². The molecule has 1 aliphatic carbocycles. The summed E-state index contributed by atoms with van der Waals surface area (Å²) in [6, 6.07) is 9.32. The summed E-state index contributed by atoms with van der Waals surface area (Å²) < 4.78 is 0. The first-order chi connectivity index (χ1) is 12.0. The fourth-order valence-electron chi connectivity index (χ4n) is 3.90. The molecule has 1 aromatic carbocycles. The third-order valence-corrected chi connectivity index (χ3v) is 5.26. The number of amides is 4. The Morgan fingerprint density at radius 1 is 1.04 bits per heavy atom. The molecule has 2 aliphatic rings. The largest absolute Gasteiger partial charge is 0.338 e. The minimum absolute atomic E-state index is 0.142. The second kappa shape index (κ2) is 7.35. The number of rotatable bonds is 5. The molecular formula is C19H26N3O3+. The predicted octanol–water partition coefficient (Wildman–Crippen LogP) is 1.03. The Hall–Kier alpha value is -2.21. The Morgan fingerprint density at radius 3 is 2.40 bits per heavy atom. The van der Waals surface area contributed by atoms with Gasteiger partial charge in [-0.05, 0) is 18.8 Å². The first-order valence-electron chi connectivity index (χ1n) is 9.03. The van der Waals surface area contributed by atoms with Crippen LogP contribution in [0, 0.1) is 5.92 Å². The van der Waals surface area contributed by atoms with Crippen molar-refractivity contribution < 1.29 is 19.3 Å². The maximum atomic E-state index is 12.8. The Balaban J connectivity index is 1.68. The number of imide groups is 2. The molecule has 0 spiro atoms. The van der Waals surface area contributed by atoms with Crippen molar-refractivity contribution in [1.29, 1.82) is 0 Å². The smallest absolute Gasteiger partial charge is 0.316 e. The van der Waals surface area contributed by atoms with Gasteiger partial charge in [-0.25, -0.2) is 9.69 Å². The molecule has 6 heteroatoms. The molecule has 0 aromatic heterocycles. The minimum atomic E-state index is -0.685. The molecule has 1 saturated heterocycles. The van der Waals surface area contributed by atoms with Crippen LogP contribution in [0.5, 0.6) is 0 Å². The van der Waals surface area contributed by atoms with E-state index < -0.39 is 17.8 Å². The summed E-state index contributed by atoms with van der Waals surface area (Å²) in [5, 5.41) is 0. The molecule has 0 bridgehead atoms. The van der Waals surface area contributed by atoms with E-state index in [2.05, 4.69) is 6.92 Å². The van der Waals surface area contributed by atoms with Gasteiger partial charge in [-0.15, -0.1) is 0 Å². The van der Waals surface area contributed by atoms with E-state index in [1.165, 1.54) is 4.90 Å². The van der Waals surface area contributed by atoms with Crippen molar-refractivity contribution in [1.82, 2.24) is 9.80 Å². The number of hydrogen-bond acceptors (Lipinski definition) is 3. The van der Waals surface area contributed by atoms with E-state index in [1.54, 1.807) is 0 Å². The monoisotopic (exact) mass is 344 g/mol. The van der Waals surface area contributed by atoms with Crippen molar-refractivity contribution in [2.45, 2.75) is 45.2 Å². The SMILES string of the molecule is C[C@@H]1CCCC[C@@H]1N1C(=O)C(=O)N(C[NH+](C)Cc2ccccc2)C1=O. The van der Waals surface area contributed by atoms with Gasteiger partial charge in [0.05, 0.1) is 7.05 Å². The molecule has 3 rings (SSSR count). The van der Waals surface area contributed by atoms with Gasteiger partial charge >= 0.3 is 17.8 Å². The lowest BCUT2D eigenvalue weighted by molar-refractivity contribution is -0.901. The third kappa shape index (κ3) is 3.58. The Morgan fingerprint density at radius 2 is 1.72 bits per heavy atom. The number of nitrogens with zero attached hydrogens (tertiary/aromatic N) is 2. The van der Waals surface area contributed by atoms with E-state index in [0.717, 1.165) is 41.0 Å². The Bertz CT molecular complexity index is 661. The quantitative estimate of drug-likeness (QED) is 0.641. The number of carbonyl (C=O) groups excluding carboxylic acids is 3. The van der Waals surface area contributed by atoms with Gasteiger partial charge in [0.1, 0.15) is 6.54 Å². The van der Waals surface area contributed by atoms with Gasteiger partial charge in [-0.1, -0.05) is 50.1 Å². The number of carbonyl (C=O) groups is 3. The zero-order chi connectivity index (χ0) is 18.0. The topological polar surface area (TPSA) is 62.1 Å². The molecule has 3 atom stereocenters. The summed E-state index contributed by atoms with van der Waals surface area (Å²) in [7, 11) is 1.92. The van der Waals surface area contributed by atoms with Crippen LogP contribution >= 0.6 is 0 Å². The maximum absolute atomic E-state index is 12.8. The third-order valence-electron chi connectivity index (χ3n) is 5.26. The molecule has 134 valence electrons. The van der Waals surface area contributed by atoms with Crippen LogP contribution in [0.15, 0.2) is 30.3 Å². The van der Waals surface area contributed by atoms with Crippen LogP contribution in [0.3, 0.4) is 0 Å². The molecule has 1 aromatic rings. The van der Waals surface area contributed by atoms with Crippen molar-refractivity contribution in [3.63, 3.8) is 0 Å². The van der Waals surface area contributed by atoms with Crippen LogP contribution in [0.2, 0.25) is 0 Å². The molecule has 1 saturated carbocycles. The highest BCUT2D eigenvalue weighted by atomic mass is 16.2. The standard InChI is InChI=1S/C19H25N3O3/c1-14-8-6-7-11-16(14)22-18(24)17(23)21(19(22)25)13-20(2)12-15-9-4-3-5-10-15/h3-5,9-10,14,16H,6-8,11-13H2,1-2H3/p+1/t14-,16+/m1/s1. The summed E-state index contributed by atoms with van der Waals surface area (Å²) in [4.78, 5) is 40.9. The molecule has 1 unspecified atom stereocenters. The number of benzene rings is 1. The Labute approximate surface area is 148 Å². The summed E-state index contributed by atoms with van der Waals surface area (Å²) in [5.41, 5.74) is 1.13. The second-order valence-electron chi connectivity index (χ2n) is 7.30. The summed E-state index contributed by atoms with van der Waals surface area (Å²) in [6.45, 7) is 2.95. The lowest BCUT2D eigenvalue weighted by atomic mass is 9.85. The van der Waals surface area contributed by atoms with Gasteiger partial charge in [-0.2, -0.15) is 0 Å². The number of nitrogens with one attached hydrogen (secondary N) is 1. The van der Waals surface area contributed by atoms with Crippen LogP contribution in [0.1, 0.15) is 38.2 Å². The van der Waals surface area contributed by atoms with Crippen molar-refractivity contribution in [2.24, 2.45) is 5.92 Å². The van der Waals surface area contributed by atoms with Crippen molar-refractivity contribution >= 4 is 17.8 Å².